The molecule has 4 nitrogen and oxygen atoms in total. The molecule has 2 rings (SSSR count). The average Bonchev–Trinajstić information content (AvgIpc) is 2.41. The van der Waals surface area contributed by atoms with Crippen LogP contribution in [-0.4, -0.2) is 15.6 Å². The maximum absolute atomic E-state index is 13.0. The predicted molar refractivity (Wildman–Crippen MR) is 78.3 cm³/mol. The van der Waals surface area contributed by atoms with Gasteiger partial charge in [0.25, 0.3) is 5.56 Å². The van der Waals surface area contributed by atoms with Crippen LogP contribution in [0.2, 0.25) is 0 Å². The second-order valence-electron chi connectivity index (χ2n) is 5.41. The molecule has 0 aliphatic heterocycles. The Hall–Kier alpha value is -2.30. The summed E-state index contributed by atoms with van der Waals surface area (Å²) in [6, 6.07) is 6.93. The molecule has 0 amide bonds. The quantitative estimate of drug-likeness (QED) is 0.813. The van der Waals surface area contributed by atoms with Crippen LogP contribution in [0.25, 0.3) is 5.69 Å². The summed E-state index contributed by atoms with van der Waals surface area (Å²) >= 11 is 0. The van der Waals surface area contributed by atoms with Crippen LogP contribution in [0.1, 0.15) is 36.3 Å². The molecule has 21 heavy (non-hydrogen) atoms. The number of nitrogens with zero attached hydrogens (tertiary/aromatic N) is 2. The first-order valence-corrected chi connectivity index (χ1v) is 6.78. The Balaban J connectivity index is 2.54. The van der Waals surface area contributed by atoms with Gasteiger partial charge in [0.15, 0.2) is 5.78 Å². The van der Waals surface area contributed by atoms with Crippen LogP contribution < -0.4 is 5.56 Å². The summed E-state index contributed by atoms with van der Waals surface area (Å²) in [5, 5.41) is 4.12. The van der Waals surface area contributed by atoms with Gasteiger partial charge in [0.05, 0.1) is 16.9 Å². The Morgan fingerprint density at radius 2 is 1.90 bits per heavy atom. The standard InChI is InChI=1S/C16H17FN2O2/c1-10(2)8-15(20)14-9-11(3)18-19(16(14)21)13-6-4-12(17)5-7-13/h4-7,9-10H,8H2,1-3H3. The van der Waals surface area contributed by atoms with E-state index in [0.717, 1.165) is 4.68 Å². The van der Waals surface area contributed by atoms with Gasteiger partial charge in [-0.1, -0.05) is 13.8 Å². The minimum atomic E-state index is -0.474. The van der Waals surface area contributed by atoms with Crippen LogP contribution >= 0.6 is 0 Å². The van der Waals surface area contributed by atoms with Gasteiger partial charge in [0.1, 0.15) is 5.82 Å². The second-order valence-corrected chi connectivity index (χ2v) is 5.41. The molecule has 0 bridgehead atoms. The van der Waals surface area contributed by atoms with Crippen molar-refractivity contribution in [3.63, 3.8) is 0 Å². The van der Waals surface area contributed by atoms with Crippen LogP contribution in [-0.2, 0) is 0 Å². The van der Waals surface area contributed by atoms with Crippen LogP contribution in [0.15, 0.2) is 35.1 Å². The lowest BCUT2D eigenvalue weighted by atomic mass is 10.0. The molecule has 2 aromatic rings. The van der Waals surface area contributed by atoms with Crippen molar-refractivity contribution in [3.8, 4) is 5.69 Å². The molecule has 0 N–H and O–H groups in total. The van der Waals surface area contributed by atoms with Gasteiger partial charge in [-0.2, -0.15) is 9.78 Å². The molecule has 1 aromatic carbocycles. The smallest absolute Gasteiger partial charge is 0.282 e. The van der Waals surface area contributed by atoms with E-state index < -0.39 is 11.4 Å². The maximum atomic E-state index is 13.0. The lowest BCUT2D eigenvalue weighted by Crippen LogP contribution is -2.28. The van der Waals surface area contributed by atoms with E-state index in [0.29, 0.717) is 17.8 Å². The first-order valence-electron chi connectivity index (χ1n) is 6.78. The molecule has 0 fully saturated rings. The van der Waals surface area contributed by atoms with Crippen molar-refractivity contribution >= 4 is 5.78 Å². The van der Waals surface area contributed by atoms with E-state index in [9.17, 15) is 14.0 Å². The third-order valence-electron chi connectivity index (χ3n) is 3.00. The average molecular weight is 288 g/mol. The zero-order valence-corrected chi connectivity index (χ0v) is 12.3. The van der Waals surface area contributed by atoms with E-state index in [-0.39, 0.29) is 17.3 Å². The highest BCUT2D eigenvalue weighted by Crippen LogP contribution is 2.10. The Bertz CT molecular complexity index is 718. The van der Waals surface area contributed by atoms with E-state index in [1.165, 1.54) is 30.3 Å². The van der Waals surface area contributed by atoms with Gasteiger partial charge < -0.3 is 0 Å². The molecule has 0 saturated carbocycles. The van der Waals surface area contributed by atoms with Gasteiger partial charge in [0, 0.05) is 6.42 Å². The number of benzene rings is 1. The largest absolute Gasteiger partial charge is 0.294 e. The third kappa shape index (κ3) is 3.42. The summed E-state index contributed by atoms with van der Waals surface area (Å²) in [6.45, 7) is 5.56. The number of ketones is 1. The molecule has 0 unspecified atom stereocenters. The molecule has 1 aromatic heterocycles. The van der Waals surface area contributed by atoms with Crippen molar-refractivity contribution in [1.82, 2.24) is 9.78 Å². The maximum Gasteiger partial charge on any atom is 0.282 e. The Labute approximate surface area is 122 Å². The minimum Gasteiger partial charge on any atom is -0.294 e. The van der Waals surface area contributed by atoms with Crippen LogP contribution in [0.5, 0.6) is 0 Å². The Kier molecular flexibility index (Phi) is 4.31. The minimum absolute atomic E-state index is 0.125. The summed E-state index contributed by atoms with van der Waals surface area (Å²) in [5.41, 5.74) is 0.646. The highest BCUT2D eigenvalue weighted by Gasteiger charge is 2.16. The fourth-order valence-electron chi connectivity index (χ4n) is 2.05. The lowest BCUT2D eigenvalue weighted by molar-refractivity contribution is 0.0965. The number of hydrogen-bond donors (Lipinski definition) is 0. The number of rotatable bonds is 4. The monoisotopic (exact) mass is 288 g/mol. The highest BCUT2D eigenvalue weighted by molar-refractivity contribution is 5.95. The summed E-state index contributed by atoms with van der Waals surface area (Å²) in [7, 11) is 0. The lowest BCUT2D eigenvalue weighted by Gasteiger charge is -2.09. The molecule has 1 heterocycles. The highest BCUT2D eigenvalue weighted by atomic mass is 19.1. The first kappa shape index (κ1) is 15.1. The second kappa shape index (κ2) is 5.99. The Morgan fingerprint density at radius 1 is 1.29 bits per heavy atom. The number of carbonyl (C=O) groups is 1. The van der Waals surface area contributed by atoms with E-state index >= 15 is 0 Å². The van der Waals surface area contributed by atoms with Gasteiger partial charge in [-0.15, -0.1) is 0 Å². The number of hydrogen-bond acceptors (Lipinski definition) is 3. The van der Waals surface area contributed by atoms with Crippen molar-refractivity contribution in [2.75, 3.05) is 0 Å². The molecule has 0 atom stereocenters. The van der Waals surface area contributed by atoms with Gasteiger partial charge in [-0.3, -0.25) is 9.59 Å². The zero-order valence-electron chi connectivity index (χ0n) is 12.3. The predicted octanol–water partition coefficient (Wildman–Crippen LogP) is 2.91. The van der Waals surface area contributed by atoms with Gasteiger partial charge in [-0.05, 0) is 43.2 Å². The van der Waals surface area contributed by atoms with Crippen molar-refractivity contribution in [2.24, 2.45) is 5.92 Å². The first-order chi connectivity index (χ1) is 9.88. The Morgan fingerprint density at radius 3 is 2.48 bits per heavy atom. The number of halogens is 1. The molecule has 0 spiro atoms. The molecule has 0 radical (unpaired) electrons. The van der Waals surface area contributed by atoms with Crippen molar-refractivity contribution in [3.05, 3.63) is 57.8 Å². The van der Waals surface area contributed by atoms with E-state index in [4.69, 9.17) is 0 Å². The SMILES string of the molecule is Cc1cc(C(=O)CC(C)C)c(=O)n(-c2ccc(F)cc2)n1. The van der Waals surface area contributed by atoms with Gasteiger partial charge in [-0.25, -0.2) is 4.39 Å². The van der Waals surface area contributed by atoms with Gasteiger partial charge >= 0.3 is 0 Å². The van der Waals surface area contributed by atoms with E-state index in [1.54, 1.807) is 6.92 Å². The topological polar surface area (TPSA) is 52.0 Å². The number of carbonyl (C=O) groups excluding carboxylic acids is 1. The molecule has 5 heteroatoms. The molecule has 110 valence electrons. The van der Waals surface area contributed by atoms with Crippen LogP contribution in [0, 0.1) is 18.7 Å². The molecular formula is C16H17FN2O2. The van der Waals surface area contributed by atoms with E-state index in [1.807, 2.05) is 13.8 Å². The van der Waals surface area contributed by atoms with Crippen LogP contribution in [0.3, 0.4) is 0 Å². The summed E-state index contributed by atoms with van der Waals surface area (Å²) in [5.74, 6) is -0.420. The van der Waals surface area contributed by atoms with E-state index in [2.05, 4.69) is 5.10 Å². The van der Waals surface area contributed by atoms with Crippen molar-refractivity contribution in [2.45, 2.75) is 27.2 Å². The molecular weight excluding hydrogens is 271 g/mol. The summed E-state index contributed by atoms with van der Waals surface area (Å²) in [6.07, 6.45) is 0.308. The summed E-state index contributed by atoms with van der Waals surface area (Å²) in [4.78, 5) is 24.6. The molecule has 0 saturated heterocycles. The molecule has 0 aliphatic rings. The van der Waals surface area contributed by atoms with Crippen LogP contribution in [0.4, 0.5) is 4.39 Å². The summed E-state index contributed by atoms with van der Waals surface area (Å²) < 4.78 is 14.1. The normalized spacial score (nSPS) is 10.9. The number of aromatic nitrogens is 2. The van der Waals surface area contributed by atoms with Crippen molar-refractivity contribution in [1.29, 1.82) is 0 Å². The fourth-order valence-corrected chi connectivity index (χ4v) is 2.05. The fraction of sp³-hybridized carbons (Fsp3) is 0.312. The molecule has 0 aliphatic carbocycles. The third-order valence-corrected chi connectivity index (χ3v) is 3.00. The zero-order chi connectivity index (χ0) is 15.6. The van der Waals surface area contributed by atoms with Gasteiger partial charge in [0.2, 0.25) is 0 Å². The van der Waals surface area contributed by atoms with Crippen molar-refractivity contribution < 1.29 is 9.18 Å². The number of aryl methyl sites for hydroxylation is 1. The number of Topliss-reactive ketones (excluding diaryl/α,β-unsaturated/α-hetero) is 1.